The highest BCUT2D eigenvalue weighted by molar-refractivity contribution is 5.91. The number of nitrogens with two attached hydrogens (primary N) is 1. The van der Waals surface area contributed by atoms with E-state index in [2.05, 4.69) is 4.98 Å². The minimum absolute atomic E-state index is 0.157. The van der Waals surface area contributed by atoms with Crippen LogP contribution in [-0.4, -0.2) is 35.9 Å². The van der Waals surface area contributed by atoms with E-state index in [1.54, 1.807) is 24.1 Å². The number of H-pyrrole nitrogens is 1. The van der Waals surface area contributed by atoms with Crippen LogP contribution >= 0.6 is 0 Å². The zero-order valence-electron chi connectivity index (χ0n) is 10.1. The number of rotatable bonds is 6. The number of unbranched alkanes of at least 4 members (excludes halogenated alkanes) is 2. The van der Waals surface area contributed by atoms with Crippen molar-refractivity contribution in [1.29, 1.82) is 0 Å². The molecule has 0 aliphatic carbocycles. The van der Waals surface area contributed by atoms with Crippen molar-refractivity contribution in [1.82, 2.24) is 9.88 Å². The Hall–Kier alpha value is -1.62. The average Bonchev–Trinajstić information content (AvgIpc) is 2.33. The van der Waals surface area contributed by atoms with Crippen LogP contribution in [0.3, 0.4) is 0 Å². The molecular formula is C12H19N3O2. The van der Waals surface area contributed by atoms with Crippen molar-refractivity contribution in [3.05, 3.63) is 34.2 Å². The first-order valence-corrected chi connectivity index (χ1v) is 5.80. The highest BCUT2D eigenvalue weighted by Gasteiger charge is 2.11. The summed E-state index contributed by atoms with van der Waals surface area (Å²) in [5.74, 6) is -0.157. The molecule has 0 spiro atoms. The molecule has 5 nitrogen and oxygen atoms in total. The minimum Gasteiger partial charge on any atom is -0.340 e. The highest BCUT2D eigenvalue weighted by Crippen LogP contribution is 2.01. The van der Waals surface area contributed by atoms with Gasteiger partial charge in [0.25, 0.3) is 5.91 Å². The Bertz CT molecular complexity index is 414. The third kappa shape index (κ3) is 4.40. The second-order valence-corrected chi connectivity index (χ2v) is 4.00. The Labute approximate surface area is 101 Å². The SMILES string of the molecule is CN(CCCCCN)C(=O)c1cccc(=O)[nH]1. The molecule has 17 heavy (non-hydrogen) atoms. The molecule has 1 amide bonds. The third-order valence-corrected chi connectivity index (χ3v) is 2.54. The molecule has 1 rings (SSSR count). The van der Waals surface area contributed by atoms with Crippen LogP contribution in [0.15, 0.2) is 23.0 Å². The zero-order valence-corrected chi connectivity index (χ0v) is 10.1. The van der Waals surface area contributed by atoms with E-state index in [9.17, 15) is 9.59 Å². The van der Waals surface area contributed by atoms with Gasteiger partial charge < -0.3 is 15.6 Å². The average molecular weight is 237 g/mol. The number of hydrogen-bond acceptors (Lipinski definition) is 3. The molecule has 94 valence electrons. The Morgan fingerprint density at radius 1 is 1.35 bits per heavy atom. The first kappa shape index (κ1) is 13.4. The largest absolute Gasteiger partial charge is 0.340 e. The lowest BCUT2D eigenvalue weighted by Gasteiger charge is -2.16. The number of aromatic nitrogens is 1. The summed E-state index contributed by atoms with van der Waals surface area (Å²) in [6.07, 6.45) is 2.92. The number of pyridine rings is 1. The summed E-state index contributed by atoms with van der Waals surface area (Å²) in [6.45, 7) is 1.36. The van der Waals surface area contributed by atoms with E-state index < -0.39 is 0 Å². The fourth-order valence-electron chi connectivity index (χ4n) is 1.55. The quantitative estimate of drug-likeness (QED) is 0.710. The lowest BCUT2D eigenvalue weighted by atomic mass is 10.2. The van der Waals surface area contributed by atoms with Gasteiger partial charge in [0, 0.05) is 19.7 Å². The third-order valence-electron chi connectivity index (χ3n) is 2.54. The van der Waals surface area contributed by atoms with Crippen LogP contribution in [0.2, 0.25) is 0 Å². The number of nitrogens with zero attached hydrogens (tertiary/aromatic N) is 1. The number of carbonyl (C=O) groups is 1. The van der Waals surface area contributed by atoms with Gasteiger partial charge in [0.05, 0.1) is 0 Å². The van der Waals surface area contributed by atoms with Gasteiger partial charge in [-0.25, -0.2) is 0 Å². The van der Waals surface area contributed by atoms with E-state index in [1.165, 1.54) is 6.07 Å². The summed E-state index contributed by atoms with van der Waals surface area (Å²) < 4.78 is 0. The van der Waals surface area contributed by atoms with Gasteiger partial charge in [-0.2, -0.15) is 0 Å². The summed E-state index contributed by atoms with van der Waals surface area (Å²) in [4.78, 5) is 27.1. The normalized spacial score (nSPS) is 10.2. The van der Waals surface area contributed by atoms with Crippen LogP contribution in [-0.2, 0) is 0 Å². The molecule has 0 unspecified atom stereocenters. The van der Waals surface area contributed by atoms with Crippen molar-refractivity contribution in [2.45, 2.75) is 19.3 Å². The van der Waals surface area contributed by atoms with Gasteiger partial charge in [0.15, 0.2) is 0 Å². The maximum absolute atomic E-state index is 11.9. The lowest BCUT2D eigenvalue weighted by molar-refractivity contribution is 0.0786. The van der Waals surface area contributed by atoms with Crippen molar-refractivity contribution >= 4 is 5.91 Å². The van der Waals surface area contributed by atoms with Crippen molar-refractivity contribution in [3.8, 4) is 0 Å². The zero-order chi connectivity index (χ0) is 12.7. The standard InChI is InChI=1S/C12H19N3O2/c1-15(9-4-2-3-8-13)12(17)10-6-5-7-11(16)14-10/h5-7H,2-4,8-9,13H2,1H3,(H,14,16). The van der Waals surface area contributed by atoms with Crippen molar-refractivity contribution in [3.63, 3.8) is 0 Å². The first-order chi connectivity index (χ1) is 8.15. The monoisotopic (exact) mass is 237 g/mol. The fourth-order valence-corrected chi connectivity index (χ4v) is 1.55. The second kappa shape index (κ2) is 6.85. The van der Waals surface area contributed by atoms with Crippen LogP contribution in [0.25, 0.3) is 0 Å². The first-order valence-electron chi connectivity index (χ1n) is 5.80. The Balaban J connectivity index is 2.49. The van der Waals surface area contributed by atoms with Crippen molar-refractivity contribution in [2.75, 3.05) is 20.1 Å². The molecule has 0 bridgehead atoms. The molecule has 0 fully saturated rings. The molecule has 0 aliphatic rings. The number of hydrogen-bond donors (Lipinski definition) is 2. The summed E-state index contributed by atoms with van der Waals surface area (Å²) >= 11 is 0. The second-order valence-electron chi connectivity index (χ2n) is 4.00. The summed E-state index contributed by atoms with van der Waals surface area (Å²) in [5.41, 5.74) is 5.47. The van der Waals surface area contributed by atoms with Gasteiger partial charge in [-0.15, -0.1) is 0 Å². The van der Waals surface area contributed by atoms with E-state index in [1.807, 2.05) is 0 Å². The fraction of sp³-hybridized carbons (Fsp3) is 0.500. The predicted molar refractivity (Wildman–Crippen MR) is 66.9 cm³/mol. The Morgan fingerprint density at radius 2 is 2.12 bits per heavy atom. The number of amides is 1. The van der Waals surface area contributed by atoms with Gasteiger partial charge in [0.1, 0.15) is 5.69 Å². The van der Waals surface area contributed by atoms with Gasteiger partial charge >= 0.3 is 0 Å². The van der Waals surface area contributed by atoms with E-state index in [-0.39, 0.29) is 11.5 Å². The summed E-state index contributed by atoms with van der Waals surface area (Å²) in [5, 5.41) is 0. The molecule has 3 N–H and O–H groups in total. The van der Waals surface area contributed by atoms with Crippen molar-refractivity contribution < 1.29 is 4.79 Å². The van der Waals surface area contributed by atoms with E-state index in [4.69, 9.17) is 5.73 Å². The number of aromatic amines is 1. The molecule has 0 saturated heterocycles. The van der Waals surface area contributed by atoms with Crippen LogP contribution in [0.5, 0.6) is 0 Å². The van der Waals surface area contributed by atoms with Gasteiger partial charge in [-0.3, -0.25) is 9.59 Å². The minimum atomic E-state index is -0.257. The molecule has 0 radical (unpaired) electrons. The molecule has 1 aromatic heterocycles. The summed E-state index contributed by atoms with van der Waals surface area (Å²) in [6, 6.07) is 4.58. The van der Waals surface area contributed by atoms with Crippen molar-refractivity contribution in [2.24, 2.45) is 5.73 Å². The number of nitrogens with one attached hydrogen (secondary N) is 1. The molecule has 5 heteroatoms. The summed E-state index contributed by atoms with van der Waals surface area (Å²) in [7, 11) is 1.73. The van der Waals surface area contributed by atoms with E-state index in [0.717, 1.165) is 19.3 Å². The molecule has 1 aromatic rings. The van der Waals surface area contributed by atoms with Crippen LogP contribution in [0, 0.1) is 0 Å². The highest BCUT2D eigenvalue weighted by atomic mass is 16.2. The van der Waals surface area contributed by atoms with E-state index in [0.29, 0.717) is 18.8 Å². The topological polar surface area (TPSA) is 79.2 Å². The molecular weight excluding hydrogens is 218 g/mol. The van der Waals surface area contributed by atoms with Crippen LogP contribution < -0.4 is 11.3 Å². The van der Waals surface area contributed by atoms with E-state index >= 15 is 0 Å². The molecule has 0 atom stereocenters. The lowest BCUT2D eigenvalue weighted by Crippen LogP contribution is -2.29. The smallest absolute Gasteiger partial charge is 0.270 e. The maximum atomic E-state index is 11.9. The predicted octanol–water partition coefficient (Wildman–Crippen LogP) is 0.576. The van der Waals surface area contributed by atoms with Gasteiger partial charge in [-0.1, -0.05) is 12.5 Å². The number of carbonyl (C=O) groups excluding carboxylic acids is 1. The maximum Gasteiger partial charge on any atom is 0.270 e. The van der Waals surface area contributed by atoms with Gasteiger partial charge in [0.2, 0.25) is 5.56 Å². The van der Waals surface area contributed by atoms with Gasteiger partial charge in [-0.05, 0) is 25.5 Å². The Morgan fingerprint density at radius 3 is 2.76 bits per heavy atom. The Kier molecular flexibility index (Phi) is 5.42. The molecule has 0 aliphatic heterocycles. The van der Waals surface area contributed by atoms with Crippen LogP contribution in [0.4, 0.5) is 0 Å². The molecule has 0 aromatic carbocycles. The molecule has 0 saturated carbocycles. The van der Waals surface area contributed by atoms with Crippen LogP contribution in [0.1, 0.15) is 29.8 Å². The molecule has 1 heterocycles.